The Hall–Kier alpha value is -2.96. The maximum Gasteiger partial charge on any atom is 0.253 e. The number of aromatic hydroxyl groups is 1. The number of phenolic OH excluding ortho intramolecular Hbond substituents is 1. The van der Waals surface area contributed by atoms with Crippen LogP contribution in [0.5, 0.6) is 5.75 Å². The van der Waals surface area contributed by atoms with Crippen LogP contribution in [0.1, 0.15) is 28.7 Å². The number of benzene rings is 1. The number of aliphatic hydroxyl groups is 4. The second kappa shape index (κ2) is 8.86. The highest BCUT2D eigenvalue weighted by molar-refractivity contribution is 6.08. The van der Waals surface area contributed by atoms with Crippen molar-refractivity contribution in [1.29, 1.82) is 0 Å². The van der Waals surface area contributed by atoms with Crippen LogP contribution in [0.2, 0.25) is 0 Å². The van der Waals surface area contributed by atoms with Gasteiger partial charge in [-0.25, -0.2) is 0 Å². The molecule has 9 N–H and O–H groups in total. The number of aliphatic hydroxyl groups excluding tert-OH is 2. The molecule has 3 unspecified atom stereocenters. The van der Waals surface area contributed by atoms with Crippen LogP contribution >= 0.6 is 0 Å². The van der Waals surface area contributed by atoms with E-state index in [-0.39, 0.29) is 29.9 Å². The van der Waals surface area contributed by atoms with Gasteiger partial charge in [-0.3, -0.25) is 14.5 Å². The third kappa shape index (κ3) is 3.70. The van der Waals surface area contributed by atoms with E-state index in [0.717, 1.165) is 5.56 Å². The quantitative estimate of drug-likeness (QED) is 0.258. The number of rotatable bonds is 5. The van der Waals surface area contributed by atoms with Gasteiger partial charge in [0.05, 0.1) is 17.5 Å². The van der Waals surface area contributed by atoms with Gasteiger partial charge in [0, 0.05) is 24.2 Å². The number of Topliss-reactive ketones (excluding diaryl/α,β-unsaturated/α-hetero) is 1. The fraction of sp³-hybridized carbons (Fsp3) is 0.520. The van der Waals surface area contributed by atoms with Crippen LogP contribution in [0.15, 0.2) is 23.0 Å². The zero-order valence-electron chi connectivity index (χ0n) is 20.8. The number of carbonyl (C=O) groups is 2. The Kier molecular flexibility index (Phi) is 6.42. The lowest BCUT2D eigenvalue weighted by Crippen LogP contribution is -2.62. The molecule has 36 heavy (non-hydrogen) atoms. The first kappa shape index (κ1) is 26.1. The van der Waals surface area contributed by atoms with Crippen LogP contribution in [-0.2, 0) is 29.1 Å². The van der Waals surface area contributed by atoms with E-state index in [2.05, 4.69) is 0 Å². The summed E-state index contributed by atoms with van der Waals surface area (Å²) >= 11 is 0. The second-order valence-corrected chi connectivity index (χ2v) is 10.5. The second-order valence-electron chi connectivity index (χ2n) is 10.5. The third-order valence-corrected chi connectivity index (χ3v) is 7.71. The van der Waals surface area contributed by atoms with E-state index < -0.39 is 58.4 Å². The summed E-state index contributed by atoms with van der Waals surface area (Å²) in [5.74, 6) is -9.19. The molecule has 0 saturated heterocycles. The summed E-state index contributed by atoms with van der Waals surface area (Å²) < 4.78 is 0. The molecule has 11 nitrogen and oxygen atoms in total. The minimum Gasteiger partial charge on any atom is -0.510 e. The van der Waals surface area contributed by atoms with E-state index in [1.165, 1.54) is 0 Å². The van der Waals surface area contributed by atoms with Crippen molar-refractivity contribution in [2.24, 2.45) is 29.2 Å². The van der Waals surface area contributed by atoms with Gasteiger partial charge in [-0.2, -0.15) is 0 Å². The molecule has 196 valence electrons. The Labute approximate surface area is 208 Å². The smallest absolute Gasteiger partial charge is 0.253 e. The van der Waals surface area contributed by atoms with E-state index >= 15 is 0 Å². The van der Waals surface area contributed by atoms with E-state index in [9.17, 15) is 35.1 Å². The van der Waals surface area contributed by atoms with Crippen molar-refractivity contribution < 1.29 is 35.1 Å². The number of hydrogen-bond donors (Lipinski definition) is 7. The molecule has 1 aromatic carbocycles. The number of hydrogen-bond acceptors (Lipinski definition) is 10. The Morgan fingerprint density at radius 3 is 2.31 bits per heavy atom. The van der Waals surface area contributed by atoms with Gasteiger partial charge < -0.3 is 41.9 Å². The molecule has 0 aliphatic heterocycles. The Balaban J connectivity index is 1.95. The Morgan fingerprint density at radius 1 is 1.14 bits per heavy atom. The molecule has 3 aliphatic carbocycles. The average molecular weight is 503 g/mol. The summed E-state index contributed by atoms with van der Waals surface area (Å²) in [7, 11) is 7.06. The number of amides is 1. The number of ketones is 1. The lowest BCUT2D eigenvalue weighted by atomic mass is 9.57. The van der Waals surface area contributed by atoms with Crippen molar-refractivity contribution in [2.75, 3.05) is 28.2 Å². The van der Waals surface area contributed by atoms with Crippen LogP contribution in [0, 0.1) is 17.8 Å². The van der Waals surface area contributed by atoms with Gasteiger partial charge in [0.2, 0.25) is 5.79 Å². The summed E-state index contributed by atoms with van der Waals surface area (Å²) in [6.45, 7) is 0.518. The largest absolute Gasteiger partial charge is 0.510 e. The number of carbonyl (C=O) groups excluding carboxylic acids is 2. The van der Waals surface area contributed by atoms with Gasteiger partial charge in [0.15, 0.2) is 5.78 Å². The standard InChI is InChI=1S/C25H34N4O7/c1-28(2)9-12-5-11(8-26)20(30)16-13(12)6-10-7-14-17(22(32)15(10)21(16)31)25(35,36)18(24(27)34)23(33)19(14)29(3)4/h5,10,14,17,19,30-31,33,35-36H,6-9,26H2,1-4H3,(H2,27,34)/t10?,14?,17?,19-/m0/s1. The Bertz CT molecular complexity index is 1200. The molecule has 0 aromatic heterocycles. The van der Waals surface area contributed by atoms with Crippen molar-refractivity contribution in [1.82, 2.24) is 9.80 Å². The molecule has 1 amide bonds. The van der Waals surface area contributed by atoms with Crippen LogP contribution in [0.4, 0.5) is 0 Å². The number of likely N-dealkylation sites (N-methyl/N-ethyl adjacent to an activating group) is 1. The molecule has 0 bridgehead atoms. The van der Waals surface area contributed by atoms with Crippen LogP contribution in [0.3, 0.4) is 0 Å². The monoisotopic (exact) mass is 502 g/mol. The van der Waals surface area contributed by atoms with E-state index in [0.29, 0.717) is 24.1 Å². The number of primary amides is 1. The number of fused-ring (bicyclic) bond motifs is 3. The minimum atomic E-state index is -3.04. The first-order chi connectivity index (χ1) is 16.7. The SMILES string of the molecule is CN(C)Cc1cc(CN)c(O)c2c1CC1CC3C(C(=O)C1=C2O)C(O)(O)C(C(N)=O)=C(O)[C@H]3N(C)C. The van der Waals surface area contributed by atoms with Gasteiger partial charge in [-0.05, 0) is 70.1 Å². The molecular weight excluding hydrogens is 468 g/mol. The molecule has 0 radical (unpaired) electrons. The van der Waals surface area contributed by atoms with Crippen molar-refractivity contribution in [3.05, 3.63) is 45.2 Å². The van der Waals surface area contributed by atoms with Gasteiger partial charge in [0.1, 0.15) is 22.8 Å². The van der Waals surface area contributed by atoms with Gasteiger partial charge in [0.25, 0.3) is 5.91 Å². The zero-order valence-corrected chi connectivity index (χ0v) is 20.8. The highest BCUT2D eigenvalue weighted by atomic mass is 16.5. The average Bonchev–Trinajstić information content (AvgIpc) is 2.73. The van der Waals surface area contributed by atoms with Crippen LogP contribution in [-0.4, -0.2) is 87.0 Å². The fourth-order valence-electron chi connectivity index (χ4n) is 6.40. The number of allylic oxidation sites excluding steroid dienone is 1. The Morgan fingerprint density at radius 2 is 1.78 bits per heavy atom. The number of nitrogens with zero attached hydrogens (tertiary/aromatic N) is 2. The summed E-state index contributed by atoms with van der Waals surface area (Å²) in [5.41, 5.74) is 12.4. The molecule has 0 spiro atoms. The van der Waals surface area contributed by atoms with E-state index in [1.54, 1.807) is 25.1 Å². The molecule has 3 aliphatic rings. The predicted molar refractivity (Wildman–Crippen MR) is 130 cm³/mol. The highest BCUT2D eigenvalue weighted by Gasteiger charge is 2.62. The van der Waals surface area contributed by atoms with Crippen LogP contribution in [0.25, 0.3) is 5.76 Å². The molecule has 1 aromatic rings. The fourth-order valence-corrected chi connectivity index (χ4v) is 6.40. The first-order valence-electron chi connectivity index (χ1n) is 11.8. The molecule has 4 atom stereocenters. The summed E-state index contributed by atoms with van der Waals surface area (Å²) in [6, 6.07) is 0.914. The number of phenols is 1. The molecular formula is C25H34N4O7. The molecule has 4 rings (SSSR count). The summed E-state index contributed by atoms with van der Waals surface area (Å²) in [5, 5.41) is 55.2. The van der Waals surface area contributed by atoms with Gasteiger partial charge >= 0.3 is 0 Å². The third-order valence-electron chi connectivity index (χ3n) is 7.71. The van der Waals surface area contributed by atoms with Gasteiger partial charge in [-0.15, -0.1) is 0 Å². The van der Waals surface area contributed by atoms with Crippen LogP contribution < -0.4 is 11.5 Å². The van der Waals surface area contributed by atoms with Crippen molar-refractivity contribution in [3.63, 3.8) is 0 Å². The first-order valence-corrected chi connectivity index (χ1v) is 11.8. The zero-order chi connectivity index (χ0) is 26.9. The lowest BCUT2D eigenvalue weighted by Gasteiger charge is -2.51. The minimum absolute atomic E-state index is 0.0111. The van der Waals surface area contributed by atoms with Crippen molar-refractivity contribution in [2.45, 2.75) is 37.8 Å². The topological polar surface area (TPSA) is 194 Å². The molecule has 11 heteroatoms. The molecule has 1 saturated carbocycles. The molecule has 0 heterocycles. The maximum atomic E-state index is 13.9. The van der Waals surface area contributed by atoms with Crippen molar-refractivity contribution >= 4 is 17.4 Å². The maximum absolute atomic E-state index is 13.9. The predicted octanol–water partition coefficient (Wildman–Crippen LogP) is -0.519. The summed E-state index contributed by atoms with van der Waals surface area (Å²) in [4.78, 5) is 29.5. The number of nitrogens with two attached hydrogens (primary N) is 2. The van der Waals surface area contributed by atoms with E-state index in [1.807, 2.05) is 19.0 Å². The normalized spacial score (nSPS) is 27.3. The van der Waals surface area contributed by atoms with Gasteiger partial charge in [-0.1, -0.05) is 0 Å². The molecule has 1 fully saturated rings. The van der Waals surface area contributed by atoms with Crippen molar-refractivity contribution in [3.8, 4) is 5.75 Å². The van der Waals surface area contributed by atoms with E-state index in [4.69, 9.17) is 11.5 Å². The summed E-state index contributed by atoms with van der Waals surface area (Å²) in [6.07, 6.45) is 0.514. The lowest BCUT2D eigenvalue weighted by molar-refractivity contribution is -0.203. The highest BCUT2D eigenvalue weighted by Crippen LogP contribution is 2.54.